The second-order valence-corrected chi connectivity index (χ2v) is 6.22. The molecule has 0 atom stereocenters. The summed E-state index contributed by atoms with van der Waals surface area (Å²) in [5.41, 5.74) is 1.40. The lowest BCUT2D eigenvalue weighted by Gasteiger charge is -2.33. The molecule has 0 unspecified atom stereocenters. The molecule has 2 rings (SSSR count). The number of piperidine rings is 1. The monoisotopic (exact) mass is 309 g/mol. The average molecular weight is 310 g/mol. The van der Waals surface area contributed by atoms with E-state index >= 15 is 0 Å². The number of halogens is 1. The molecule has 1 amide bonds. The maximum atomic E-state index is 11.9. The smallest absolute Gasteiger partial charge is 0.225 e. The second kappa shape index (κ2) is 5.87. The first-order valence-corrected chi connectivity index (χ1v) is 7.41. The van der Waals surface area contributed by atoms with Gasteiger partial charge in [-0.15, -0.1) is 0 Å². The fourth-order valence-corrected chi connectivity index (χ4v) is 2.80. The summed E-state index contributed by atoms with van der Waals surface area (Å²) in [6.07, 6.45) is 2.17. The summed E-state index contributed by atoms with van der Waals surface area (Å²) in [4.78, 5) is 13.9. The van der Waals surface area contributed by atoms with Gasteiger partial charge >= 0.3 is 0 Å². The van der Waals surface area contributed by atoms with E-state index in [0.29, 0.717) is 11.8 Å². The minimum absolute atomic E-state index is 0.120. The number of hydrogen-bond acceptors (Lipinski definition) is 1. The van der Waals surface area contributed by atoms with E-state index < -0.39 is 0 Å². The van der Waals surface area contributed by atoms with Crippen LogP contribution < -0.4 is 0 Å². The van der Waals surface area contributed by atoms with Crippen molar-refractivity contribution >= 4 is 21.8 Å². The van der Waals surface area contributed by atoms with Crippen molar-refractivity contribution < 1.29 is 4.79 Å². The van der Waals surface area contributed by atoms with Crippen molar-refractivity contribution in [2.45, 2.75) is 32.6 Å². The summed E-state index contributed by atoms with van der Waals surface area (Å²) in [6.45, 7) is 5.75. The Balaban J connectivity index is 1.94. The summed E-state index contributed by atoms with van der Waals surface area (Å²) >= 11 is 3.46. The second-order valence-electron chi connectivity index (χ2n) is 5.31. The fraction of sp³-hybridized carbons (Fsp3) is 0.533. The Bertz CT molecular complexity index is 405. The van der Waals surface area contributed by atoms with Crippen LogP contribution in [0.15, 0.2) is 28.7 Å². The molecule has 1 heterocycles. The quantitative estimate of drug-likeness (QED) is 0.813. The number of hydrogen-bond donors (Lipinski definition) is 0. The number of carbonyl (C=O) groups is 1. The summed E-state index contributed by atoms with van der Waals surface area (Å²) < 4.78 is 1.12. The van der Waals surface area contributed by atoms with E-state index in [0.717, 1.165) is 30.4 Å². The predicted molar refractivity (Wildman–Crippen MR) is 77.5 cm³/mol. The third kappa shape index (κ3) is 3.14. The molecule has 0 radical (unpaired) electrons. The molecule has 1 saturated heterocycles. The topological polar surface area (TPSA) is 20.3 Å². The molecule has 0 saturated carbocycles. The van der Waals surface area contributed by atoms with Crippen LogP contribution in [0.5, 0.6) is 0 Å². The van der Waals surface area contributed by atoms with Gasteiger partial charge in [0.2, 0.25) is 5.91 Å². The van der Waals surface area contributed by atoms with Crippen LogP contribution in [0.3, 0.4) is 0 Å². The molecule has 1 fully saturated rings. The van der Waals surface area contributed by atoms with E-state index in [2.05, 4.69) is 40.2 Å². The number of benzene rings is 1. The normalized spacial score (nSPS) is 17.2. The summed E-state index contributed by atoms with van der Waals surface area (Å²) in [5.74, 6) is 1.02. The lowest BCUT2D eigenvalue weighted by Crippen LogP contribution is -2.40. The number of amides is 1. The van der Waals surface area contributed by atoms with E-state index in [1.807, 2.05) is 18.7 Å². The van der Waals surface area contributed by atoms with Gasteiger partial charge in [0.15, 0.2) is 0 Å². The van der Waals surface area contributed by atoms with E-state index in [1.165, 1.54) is 5.56 Å². The maximum absolute atomic E-state index is 11.9. The Morgan fingerprint density at radius 1 is 1.22 bits per heavy atom. The Morgan fingerprint density at radius 2 is 1.78 bits per heavy atom. The third-order valence-electron chi connectivity index (χ3n) is 3.64. The Labute approximate surface area is 117 Å². The van der Waals surface area contributed by atoms with Gasteiger partial charge in [-0.25, -0.2) is 0 Å². The largest absolute Gasteiger partial charge is 0.342 e. The lowest BCUT2D eigenvalue weighted by atomic mass is 9.89. The minimum atomic E-state index is 0.120. The van der Waals surface area contributed by atoms with Crippen molar-refractivity contribution in [3.8, 4) is 0 Å². The molecule has 0 spiro atoms. The molecule has 3 heteroatoms. The van der Waals surface area contributed by atoms with Crippen LogP contribution in [0.25, 0.3) is 0 Å². The molecular weight excluding hydrogens is 290 g/mol. The molecule has 0 aromatic heterocycles. The molecular formula is C15H20BrNO. The van der Waals surface area contributed by atoms with Gasteiger partial charge in [-0.2, -0.15) is 0 Å². The highest BCUT2D eigenvalue weighted by atomic mass is 79.9. The molecule has 0 bridgehead atoms. The zero-order valence-electron chi connectivity index (χ0n) is 11.0. The van der Waals surface area contributed by atoms with Crippen molar-refractivity contribution in [2.75, 3.05) is 13.1 Å². The van der Waals surface area contributed by atoms with Gasteiger partial charge in [0.25, 0.3) is 0 Å². The summed E-state index contributed by atoms with van der Waals surface area (Å²) in [5, 5.41) is 0. The Hall–Kier alpha value is -0.830. The molecule has 1 aliphatic rings. The average Bonchev–Trinajstić information content (AvgIpc) is 2.39. The van der Waals surface area contributed by atoms with Crippen molar-refractivity contribution in [2.24, 2.45) is 5.92 Å². The fourth-order valence-electron chi connectivity index (χ4n) is 2.53. The van der Waals surface area contributed by atoms with Gasteiger partial charge in [0.1, 0.15) is 0 Å². The molecule has 1 aromatic carbocycles. The first-order chi connectivity index (χ1) is 8.58. The van der Waals surface area contributed by atoms with Crippen LogP contribution in [-0.2, 0) is 4.79 Å². The van der Waals surface area contributed by atoms with E-state index in [1.54, 1.807) is 0 Å². The van der Waals surface area contributed by atoms with E-state index in [-0.39, 0.29) is 5.92 Å². The summed E-state index contributed by atoms with van der Waals surface area (Å²) in [7, 11) is 0. The van der Waals surface area contributed by atoms with Gasteiger partial charge in [0, 0.05) is 23.5 Å². The molecule has 0 aliphatic carbocycles. The first-order valence-electron chi connectivity index (χ1n) is 6.62. The zero-order valence-corrected chi connectivity index (χ0v) is 12.6. The molecule has 18 heavy (non-hydrogen) atoms. The highest BCUT2D eigenvalue weighted by Crippen LogP contribution is 2.29. The van der Waals surface area contributed by atoms with E-state index in [9.17, 15) is 4.79 Å². The van der Waals surface area contributed by atoms with Gasteiger partial charge in [-0.05, 0) is 36.5 Å². The van der Waals surface area contributed by atoms with Crippen LogP contribution in [-0.4, -0.2) is 23.9 Å². The van der Waals surface area contributed by atoms with Gasteiger partial charge in [-0.3, -0.25) is 4.79 Å². The number of carbonyl (C=O) groups excluding carboxylic acids is 1. The van der Waals surface area contributed by atoms with Crippen LogP contribution in [0.2, 0.25) is 0 Å². The predicted octanol–water partition coefficient (Wildman–Crippen LogP) is 3.81. The number of rotatable bonds is 2. The van der Waals surface area contributed by atoms with Crippen molar-refractivity contribution in [3.63, 3.8) is 0 Å². The number of nitrogens with zero attached hydrogens (tertiary/aromatic N) is 1. The van der Waals surface area contributed by atoms with Crippen molar-refractivity contribution in [1.82, 2.24) is 4.90 Å². The molecule has 98 valence electrons. The zero-order chi connectivity index (χ0) is 13.1. The van der Waals surface area contributed by atoms with Crippen molar-refractivity contribution in [3.05, 3.63) is 34.3 Å². The highest BCUT2D eigenvalue weighted by Gasteiger charge is 2.24. The first kappa shape index (κ1) is 13.6. The third-order valence-corrected chi connectivity index (χ3v) is 4.17. The number of likely N-dealkylation sites (tertiary alicyclic amines) is 1. The Morgan fingerprint density at radius 3 is 2.28 bits per heavy atom. The van der Waals surface area contributed by atoms with Gasteiger partial charge < -0.3 is 4.90 Å². The van der Waals surface area contributed by atoms with Crippen LogP contribution in [0, 0.1) is 5.92 Å². The van der Waals surface area contributed by atoms with Crippen LogP contribution in [0.4, 0.5) is 0 Å². The molecule has 1 aliphatic heterocycles. The van der Waals surface area contributed by atoms with Crippen molar-refractivity contribution in [1.29, 1.82) is 0 Å². The van der Waals surface area contributed by atoms with Gasteiger partial charge in [0.05, 0.1) is 0 Å². The molecule has 1 aromatic rings. The Kier molecular flexibility index (Phi) is 4.44. The van der Waals surface area contributed by atoms with E-state index in [4.69, 9.17) is 0 Å². The van der Waals surface area contributed by atoms with Crippen LogP contribution in [0.1, 0.15) is 38.2 Å². The SMILES string of the molecule is CC(C)C(=O)N1CCC(c2ccc(Br)cc2)CC1. The highest BCUT2D eigenvalue weighted by molar-refractivity contribution is 9.10. The molecule has 2 nitrogen and oxygen atoms in total. The lowest BCUT2D eigenvalue weighted by molar-refractivity contribution is -0.135. The standard InChI is InChI=1S/C15H20BrNO/c1-11(2)15(18)17-9-7-13(8-10-17)12-3-5-14(16)6-4-12/h3-6,11,13H,7-10H2,1-2H3. The minimum Gasteiger partial charge on any atom is -0.342 e. The maximum Gasteiger partial charge on any atom is 0.225 e. The van der Waals surface area contributed by atoms with Gasteiger partial charge in [-0.1, -0.05) is 41.9 Å². The van der Waals surface area contributed by atoms with Crippen LogP contribution >= 0.6 is 15.9 Å². The summed E-state index contributed by atoms with van der Waals surface area (Å²) in [6, 6.07) is 8.57. The molecule has 0 N–H and O–H groups in total.